The number of carbonyl (C=O) groups excluding carboxylic acids is 1. The van der Waals surface area contributed by atoms with Gasteiger partial charge in [-0.15, -0.1) is 0 Å². The van der Waals surface area contributed by atoms with E-state index in [2.05, 4.69) is 20.6 Å². The van der Waals surface area contributed by atoms with Crippen molar-refractivity contribution in [1.82, 2.24) is 15.3 Å². The highest BCUT2D eigenvalue weighted by molar-refractivity contribution is 5.98. The predicted molar refractivity (Wildman–Crippen MR) is 108 cm³/mol. The molecule has 0 spiro atoms. The van der Waals surface area contributed by atoms with Crippen molar-refractivity contribution in [3.63, 3.8) is 0 Å². The van der Waals surface area contributed by atoms with Crippen LogP contribution in [0.25, 0.3) is 10.9 Å². The lowest BCUT2D eigenvalue weighted by Crippen LogP contribution is -2.41. The van der Waals surface area contributed by atoms with Gasteiger partial charge in [-0.25, -0.2) is 9.97 Å². The molecular weight excluding hydrogens is 340 g/mol. The predicted octanol–water partition coefficient (Wildman–Crippen LogP) is 3.51. The van der Waals surface area contributed by atoms with Gasteiger partial charge in [0, 0.05) is 23.2 Å². The van der Waals surface area contributed by atoms with Gasteiger partial charge >= 0.3 is 0 Å². The van der Waals surface area contributed by atoms with Crippen molar-refractivity contribution in [3.8, 4) is 0 Å². The van der Waals surface area contributed by atoms with E-state index in [-0.39, 0.29) is 24.5 Å². The van der Waals surface area contributed by atoms with Crippen LogP contribution in [0.2, 0.25) is 0 Å². The molecule has 1 fully saturated rings. The molecule has 0 aliphatic heterocycles. The fraction of sp³-hybridized carbons (Fsp3) is 0.571. The zero-order valence-corrected chi connectivity index (χ0v) is 16.2. The Hall–Kier alpha value is -2.21. The number of amides is 1. The summed E-state index contributed by atoms with van der Waals surface area (Å²) in [6.45, 7) is 4.01. The normalized spacial score (nSPS) is 17.4. The van der Waals surface area contributed by atoms with E-state index in [1.807, 2.05) is 19.9 Å². The summed E-state index contributed by atoms with van der Waals surface area (Å²) in [7, 11) is 0. The molecule has 2 atom stereocenters. The zero-order chi connectivity index (χ0) is 19.2. The van der Waals surface area contributed by atoms with Gasteiger partial charge in [-0.2, -0.15) is 0 Å². The summed E-state index contributed by atoms with van der Waals surface area (Å²) in [5, 5.41) is 16.8. The fourth-order valence-electron chi connectivity index (χ4n) is 3.57. The molecule has 1 aliphatic carbocycles. The van der Waals surface area contributed by atoms with E-state index in [9.17, 15) is 9.90 Å². The summed E-state index contributed by atoms with van der Waals surface area (Å²) in [5.74, 6) is 0.657. The van der Waals surface area contributed by atoms with Crippen LogP contribution in [0, 0.1) is 5.92 Å². The van der Waals surface area contributed by atoms with Crippen LogP contribution in [0.3, 0.4) is 0 Å². The Morgan fingerprint density at radius 3 is 2.78 bits per heavy atom. The Kier molecular flexibility index (Phi) is 6.61. The highest BCUT2D eigenvalue weighted by Gasteiger charge is 2.19. The number of hydrogen-bond acceptors (Lipinski definition) is 5. The minimum Gasteiger partial charge on any atom is -0.394 e. The molecule has 1 amide bonds. The first kappa shape index (κ1) is 19.5. The van der Waals surface area contributed by atoms with Gasteiger partial charge in [0.15, 0.2) is 0 Å². The third-order valence-corrected chi connectivity index (χ3v) is 5.63. The average Bonchev–Trinajstić information content (AvgIpc) is 2.71. The maximum Gasteiger partial charge on any atom is 0.251 e. The van der Waals surface area contributed by atoms with Crippen molar-refractivity contribution in [2.75, 3.05) is 11.9 Å². The van der Waals surface area contributed by atoms with E-state index in [1.54, 1.807) is 18.3 Å². The quantitative estimate of drug-likeness (QED) is 0.694. The molecule has 146 valence electrons. The fourth-order valence-corrected chi connectivity index (χ4v) is 3.57. The zero-order valence-electron chi connectivity index (χ0n) is 16.2. The molecule has 0 saturated heterocycles. The van der Waals surface area contributed by atoms with Gasteiger partial charge in [0.05, 0.1) is 18.2 Å². The second-order valence-corrected chi connectivity index (χ2v) is 7.59. The van der Waals surface area contributed by atoms with E-state index < -0.39 is 0 Å². The van der Waals surface area contributed by atoms with Crippen LogP contribution >= 0.6 is 0 Å². The molecule has 1 aliphatic rings. The number of nitrogens with zero attached hydrogens (tertiary/aromatic N) is 2. The minimum absolute atomic E-state index is 0.0635. The van der Waals surface area contributed by atoms with Crippen LogP contribution in [0.1, 0.15) is 62.7 Å². The topological polar surface area (TPSA) is 87.1 Å². The molecule has 0 bridgehead atoms. The van der Waals surface area contributed by atoms with Crippen molar-refractivity contribution in [2.45, 2.75) is 64.5 Å². The molecule has 3 N–H and O–H groups in total. The number of aliphatic hydroxyl groups excluding tert-OH is 1. The smallest absolute Gasteiger partial charge is 0.251 e. The highest BCUT2D eigenvalue weighted by Crippen LogP contribution is 2.21. The van der Waals surface area contributed by atoms with Crippen LogP contribution in [-0.2, 0) is 0 Å². The van der Waals surface area contributed by atoms with Gasteiger partial charge in [0.2, 0.25) is 5.95 Å². The van der Waals surface area contributed by atoms with Gasteiger partial charge in [-0.05, 0) is 30.9 Å². The Bertz CT molecular complexity index is 774. The monoisotopic (exact) mass is 370 g/mol. The van der Waals surface area contributed by atoms with Crippen LogP contribution in [-0.4, -0.2) is 39.7 Å². The Morgan fingerprint density at radius 2 is 2.07 bits per heavy atom. The summed E-state index contributed by atoms with van der Waals surface area (Å²) >= 11 is 0. The first-order chi connectivity index (χ1) is 13.1. The summed E-state index contributed by atoms with van der Waals surface area (Å²) < 4.78 is 0. The molecule has 6 heteroatoms. The first-order valence-corrected chi connectivity index (χ1v) is 10.1. The van der Waals surface area contributed by atoms with Gasteiger partial charge in [0.1, 0.15) is 0 Å². The first-order valence-electron chi connectivity index (χ1n) is 10.1. The maximum absolute atomic E-state index is 12.6. The third kappa shape index (κ3) is 4.95. The largest absolute Gasteiger partial charge is 0.394 e. The molecule has 2 aromatic rings. The van der Waals surface area contributed by atoms with Gasteiger partial charge in [0.25, 0.3) is 5.91 Å². The summed E-state index contributed by atoms with van der Waals surface area (Å²) in [6, 6.07) is 5.63. The number of nitrogens with one attached hydrogen (secondary N) is 2. The molecule has 1 heterocycles. The number of carbonyl (C=O) groups is 1. The number of aromatic nitrogens is 2. The molecule has 3 rings (SSSR count). The van der Waals surface area contributed by atoms with Crippen molar-refractivity contribution in [2.24, 2.45) is 5.92 Å². The molecule has 0 radical (unpaired) electrons. The maximum atomic E-state index is 12.6. The number of anilines is 1. The summed E-state index contributed by atoms with van der Waals surface area (Å²) in [4.78, 5) is 21.6. The van der Waals surface area contributed by atoms with Crippen LogP contribution in [0.5, 0.6) is 0 Å². The van der Waals surface area contributed by atoms with Crippen molar-refractivity contribution < 1.29 is 9.90 Å². The summed E-state index contributed by atoms with van der Waals surface area (Å²) in [5.41, 5.74) is 1.30. The van der Waals surface area contributed by atoms with Crippen LogP contribution in [0.4, 0.5) is 5.95 Å². The second kappa shape index (κ2) is 9.13. The molecule has 1 aromatic heterocycles. The van der Waals surface area contributed by atoms with Crippen LogP contribution < -0.4 is 10.6 Å². The summed E-state index contributed by atoms with van der Waals surface area (Å²) in [6.07, 6.45) is 8.80. The number of benzene rings is 1. The number of aliphatic hydroxyl groups is 1. The molecular formula is C21H30N4O2. The van der Waals surface area contributed by atoms with Crippen LogP contribution in [0.15, 0.2) is 24.4 Å². The van der Waals surface area contributed by atoms with E-state index in [0.29, 0.717) is 17.6 Å². The molecule has 6 nitrogen and oxygen atoms in total. The lowest BCUT2D eigenvalue weighted by Gasteiger charge is -2.23. The van der Waals surface area contributed by atoms with Crippen molar-refractivity contribution in [1.29, 1.82) is 0 Å². The van der Waals surface area contributed by atoms with E-state index in [0.717, 1.165) is 30.2 Å². The van der Waals surface area contributed by atoms with Crippen molar-refractivity contribution in [3.05, 3.63) is 30.0 Å². The average molecular weight is 370 g/mol. The van der Waals surface area contributed by atoms with E-state index in [4.69, 9.17) is 0 Å². The number of hydrogen-bond donors (Lipinski definition) is 3. The minimum atomic E-state index is -0.243. The number of rotatable bonds is 7. The van der Waals surface area contributed by atoms with Crippen molar-refractivity contribution >= 4 is 22.8 Å². The second-order valence-electron chi connectivity index (χ2n) is 7.59. The van der Waals surface area contributed by atoms with E-state index >= 15 is 0 Å². The highest BCUT2D eigenvalue weighted by atomic mass is 16.3. The van der Waals surface area contributed by atoms with E-state index in [1.165, 1.54) is 19.3 Å². The molecule has 1 aromatic carbocycles. The SMILES string of the molecule is CC[C@H](C)[C@@H](CO)NC(=O)c1ccc2cnc(NC3CCCCC3)nc2c1. The Balaban J connectivity index is 1.75. The van der Waals surface area contributed by atoms with Gasteiger partial charge in [-0.3, -0.25) is 4.79 Å². The Labute approximate surface area is 160 Å². The lowest BCUT2D eigenvalue weighted by molar-refractivity contribution is 0.0891. The molecule has 0 unspecified atom stereocenters. The molecule has 1 saturated carbocycles. The lowest BCUT2D eigenvalue weighted by atomic mass is 9.96. The third-order valence-electron chi connectivity index (χ3n) is 5.63. The Morgan fingerprint density at radius 1 is 1.30 bits per heavy atom. The standard InChI is InChI=1S/C21H30N4O2/c1-3-14(2)19(13-26)24-20(27)15-9-10-16-12-22-21(25-18(16)11-15)23-17-7-5-4-6-8-17/h9-12,14,17,19,26H,3-8,13H2,1-2H3,(H,24,27)(H,22,23,25)/t14-,19+/m0/s1. The van der Waals surface area contributed by atoms with Gasteiger partial charge in [-0.1, -0.05) is 45.6 Å². The van der Waals surface area contributed by atoms with Gasteiger partial charge < -0.3 is 15.7 Å². The number of fused-ring (bicyclic) bond motifs is 1. The molecule has 27 heavy (non-hydrogen) atoms.